The molecule has 0 aromatic heterocycles. The summed E-state index contributed by atoms with van der Waals surface area (Å²) in [4.78, 5) is 11.4. The van der Waals surface area contributed by atoms with Gasteiger partial charge in [0.25, 0.3) is 0 Å². The zero-order valence-electron chi connectivity index (χ0n) is 17.4. The van der Waals surface area contributed by atoms with Gasteiger partial charge in [0.2, 0.25) is 0 Å². The van der Waals surface area contributed by atoms with Crippen LogP contribution in [0.25, 0.3) is 0 Å². The summed E-state index contributed by atoms with van der Waals surface area (Å²) >= 11 is 0. The first-order valence-corrected chi connectivity index (χ1v) is 11.8. The highest BCUT2D eigenvalue weighted by Crippen LogP contribution is 2.37. The van der Waals surface area contributed by atoms with E-state index in [1.54, 1.807) is 12.1 Å². The van der Waals surface area contributed by atoms with Crippen LogP contribution in [0.5, 0.6) is 11.5 Å². The number of hydrogen-bond donors (Lipinski definition) is 0. The van der Waals surface area contributed by atoms with Gasteiger partial charge < -0.3 is 13.9 Å². The molecule has 0 N–H and O–H groups in total. The van der Waals surface area contributed by atoms with Crippen molar-refractivity contribution >= 4 is 14.6 Å². The first-order valence-electron chi connectivity index (χ1n) is 8.93. The van der Waals surface area contributed by atoms with E-state index in [9.17, 15) is 4.79 Å². The standard InChI is InChI=1S/C22H30O4Si/c1-9-18(26-27(7,8)22(2,3)4)12-10-11-13-20-17(16-23)14-19(24-5)15-21(20)25-6/h1,14-16,18H,10,12H2,2-8H3. The van der Waals surface area contributed by atoms with Crippen molar-refractivity contribution in [3.63, 3.8) is 0 Å². The van der Waals surface area contributed by atoms with Gasteiger partial charge in [-0.15, -0.1) is 6.42 Å². The van der Waals surface area contributed by atoms with E-state index in [0.717, 1.165) is 6.29 Å². The van der Waals surface area contributed by atoms with Crippen LogP contribution in [0, 0.1) is 24.2 Å². The van der Waals surface area contributed by atoms with Crippen molar-refractivity contribution < 1.29 is 18.7 Å². The Labute approximate surface area is 164 Å². The fraction of sp³-hybridized carbons (Fsp3) is 0.500. The molecular formula is C22H30O4Si. The number of benzene rings is 1. The SMILES string of the molecule is C#CC(CCC#Cc1c(C=O)cc(OC)cc1OC)O[Si](C)(C)C(C)(C)C. The Bertz CT molecular complexity index is 757. The first-order chi connectivity index (χ1) is 12.6. The van der Waals surface area contributed by atoms with Crippen LogP contribution in [-0.4, -0.2) is 34.9 Å². The second-order valence-corrected chi connectivity index (χ2v) is 12.5. The Morgan fingerprint density at radius 3 is 2.37 bits per heavy atom. The van der Waals surface area contributed by atoms with E-state index in [4.69, 9.17) is 20.3 Å². The summed E-state index contributed by atoms with van der Waals surface area (Å²) < 4.78 is 16.8. The van der Waals surface area contributed by atoms with E-state index >= 15 is 0 Å². The molecule has 0 heterocycles. The van der Waals surface area contributed by atoms with Gasteiger partial charge in [0.05, 0.1) is 19.8 Å². The summed E-state index contributed by atoms with van der Waals surface area (Å²) in [7, 11) is 1.15. The van der Waals surface area contributed by atoms with E-state index in [1.165, 1.54) is 14.2 Å². The number of carbonyl (C=O) groups is 1. The number of methoxy groups -OCH3 is 2. The first kappa shape index (κ1) is 22.8. The van der Waals surface area contributed by atoms with Gasteiger partial charge in [-0.3, -0.25) is 4.79 Å². The Hall–Kier alpha value is -2.21. The molecule has 1 rings (SSSR count). The van der Waals surface area contributed by atoms with Crippen LogP contribution in [0.4, 0.5) is 0 Å². The molecule has 1 aromatic carbocycles. The van der Waals surface area contributed by atoms with E-state index in [1.807, 2.05) is 0 Å². The molecule has 27 heavy (non-hydrogen) atoms. The van der Waals surface area contributed by atoms with Gasteiger partial charge in [0.15, 0.2) is 14.6 Å². The molecule has 1 aromatic rings. The maximum absolute atomic E-state index is 11.4. The highest BCUT2D eigenvalue weighted by atomic mass is 28.4. The fourth-order valence-electron chi connectivity index (χ4n) is 2.18. The van der Waals surface area contributed by atoms with Crippen LogP contribution in [0.3, 0.4) is 0 Å². The molecule has 5 heteroatoms. The topological polar surface area (TPSA) is 44.8 Å². The monoisotopic (exact) mass is 386 g/mol. The molecule has 146 valence electrons. The predicted octanol–water partition coefficient (Wildman–Crippen LogP) is 4.67. The Balaban J connectivity index is 2.90. The summed E-state index contributed by atoms with van der Waals surface area (Å²) in [5.74, 6) is 9.92. The highest BCUT2D eigenvalue weighted by molar-refractivity contribution is 6.74. The van der Waals surface area contributed by atoms with Crippen LogP contribution < -0.4 is 9.47 Å². The quantitative estimate of drug-likeness (QED) is 0.388. The molecule has 4 nitrogen and oxygen atoms in total. The minimum absolute atomic E-state index is 0.100. The molecule has 0 bridgehead atoms. The molecular weight excluding hydrogens is 356 g/mol. The molecule has 0 saturated carbocycles. The predicted molar refractivity (Wildman–Crippen MR) is 112 cm³/mol. The van der Waals surface area contributed by atoms with E-state index < -0.39 is 8.32 Å². The zero-order chi connectivity index (χ0) is 20.7. The molecule has 1 atom stereocenters. The second kappa shape index (κ2) is 9.64. The Morgan fingerprint density at radius 2 is 1.89 bits per heavy atom. The van der Waals surface area contributed by atoms with Crippen molar-refractivity contribution in [3.8, 4) is 35.7 Å². The molecule has 1 unspecified atom stereocenters. The number of hydrogen-bond acceptors (Lipinski definition) is 4. The van der Waals surface area contributed by atoms with Gasteiger partial charge in [0, 0.05) is 18.1 Å². The van der Waals surface area contributed by atoms with E-state index in [2.05, 4.69) is 51.6 Å². The van der Waals surface area contributed by atoms with Crippen molar-refractivity contribution in [2.75, 3.05) is 14.2 Å². The number of rotatable bonds is 7. The van der Waals surface area contributed by atoms with Crippen LogP contribution in [0.2, 0.25) is 18.1 Å². The summed E-state index contributed by atoms with van der Waals surface area (Å²) in [6, 6.07) is 3.35. The third-order valence-corrected chi connectivity index (χ3v) is 9.35. The Kier molecular flexibility index (Phi) is 8.15. The zero-order valence-corrected chi connectivity index (χ0v) is 18.4. The summed E-state index contributed by atoms with van der Waals surface area (Å²) in [5.41, 5.74) is 0.987. The summed E-state index contributed by atoms with van der Waals surface area (Å²) in [5, 5.41) is 0.100. The maximum Gasteiger partial charge on any atom is 0.193 e. The molecule has 0 aliphatic carbocycles. The van der Waals surface area contributed by atoms with Crippen molar-refractivity contribution in [1.29, 1.82) is 0 Å². The van der Waals surface area contributed by atoms with Crippen LogP contribution >= 0.6 is 0 Å². The summed E-state index contributed by atoms with van der Waals surface area (Å²) in [6.45, 7) is 10.9. The smallest absolute Gasteiger partial charge is 0.193 e. The van der Waals surface area contributed by atoms with Gasteiger partial charge in [-0.1, -0.05) is 38.5 Å². The molecule has 0 aliphatic heterocycles. The van der Waals surface area contributed by atoms with Crippen molar-refractivity contribution in [2.24, 2.45) is 0 Å². The van der Waals surface area contributed by atoms with Gasteiger partial charge in [-0.25, -0.2) is 0 Å². The lowest BCUT2D eigenvalue weighted by Gasteiger charge is -2.38. The third-order valence-electron chi connectivity index (χ3n) is 4.86. The lowest BCUT2D eigenvalue weighted by Crippen LogP contribution is -2.43. The van der Waals surface area contributed by atoms with Crippen molar-refractivity contribution in [2.45, 2.75) is 57.8 Å². The lowest BCUT2D eigenvalue weighted by molar-refractivity contribution is 0.112. The van der Waals surface area contributed by atoms with Crippen LogP contribution in [-0.2, 0) is 4.43 Å². The van der Waals surface area contributed by atoms with Gasteiger partial charge in [-0.05, 0) is 30.6 Å². The molecule has 0 spiro atoms. The average molecular weight is 387 g/mol. The number of carbonyl (C=O) groups excluding carboxylic acids is 1. The van der Waals surface area contributed by atoms with E-state index in [-0.39, 0.29) is 11.1 Å². The van der Waals surface area contributed by atoms with Crippen molar-refractivity contribution in [1.82, 2.24) is 0 Å². The minimum Gasteiger partial charge on any atom is -0.497 e. The molecule has 0 fully saturated rings. The van der Waals surface area contributed by atoms with Crippen molar-refractivity contribution in [3.05, 3.63) is 23.3 Å². The molecule has 0 aliphatic rings. The van der Waals surface area contributed by atoms with Gasteiger partial charge in [0.1, 0.15) is 17.6 Å². The summed E-state index contributed by atoms with van der Waals surface area (Å²) in [6.07, 6.45) is 7.36. The van der Waals surface area contributed by atoms with E-state index in [0.29, 0.717) is 35.5 Å². The largest absolute Gasteiger partial charge is 0.497 e. The van der Waals surface area contributed by atoms with Crippen LogP contribution in [0.1, 0.15) is 49.5 Å². The normalized spacial score (nSPS) is 12.4. The lowest BCUT2D eigenvalue weighted by atomic mass is 10.1. The Morgan fingerprint density at radius 1 is 1.22 bits per heavy atom. The van der Waals surface area contributed by atoms with Crippen LogP contribution in [0.15, 0.2) is 12.1 Å². The minimum atomic E-state index is -1.92. The maximum atomic E-state index is 11.4. The highest BCUT2D eigenvalue weighted by Gasteiger charge is 2.38. The fourth-order valence-corrected chi connectivity index (χ4v) is 3.43. The molecule has 0 saturated heterocycles. The number of aldehydes is 1. The van der Waals surface area contributed by atoms with Gasteiger partial charge in [-0.2, -0.15) is 0 Å². The number of terminal acetylenes is 1. The van der Waals surface area contributed by atoms with Gasteiger partial charge >= 0.3 is 0 Å². The third kappa shape index (κ3) is 6.17. The molecule has 0 radical (unpaired) electrons. The number of ether oxygens (including phenoxy) is 2. The molecule has 0 amide bonds. The average Bonchev–Trinajstić information content (AvgIpc) is 2.62. The second-order valence-electron chi connectivity index (χ2n) is 7.79.